The van der Waals surface area contributed by atoms with Crippen molar-refractivity contribution in [2.45, 2.75) is 58.5 Å². The molecule has 0 aliphatic heterocycles. The fraction of sp³-hybridized carbons (Fsp3) is 1.00. The molecule has 0 heterocycles. The molecule has 0 aromatic heterocycles. The average molecular weight is 250 g/mol. The van der Waals surface area contributed by atoms with Crippen LogP contribution in [0, 0.1) is 0 Å². The van der Waals surface area contributed by atoms with Crippen molar-refractivity contribution in [1.82, 2.24) is 0 Å². The largest absolute Gasteiger partial charge is 0.394 e. The van der Waals surface area contributed by atoms with E-state index in [4.69, 9.17) is 14.9 Å². The van der Waals surface area contributed by atoms with Crippen LogP contribution in [0.25, 0.3) is 0 Å². The SMILES string of the molecule is CCCCOCC(C)(O)CCCC.OCCO. The van der Waals surface area contributed by atoms with Crippen LogP contribution >= 0.6 is 0 Å². The van der Waals surface area contributed by atoms with Crippen molar-refractivity contribution in [3.63, 3.8) is 0 Å². The Bertz CT molecular complexity index is 135. The first-order chi connectivity index (χ1) is 8.04. The topological polar surface area (TPSA) is 69.9 Å². The molecule has 0 rings (SSSR count). The van der Waals surface area contributed by atoms with Gasteiger partial charge >= 0.3 is 0 Å². The van der Waals surface area contributed by atoms with E-state index in [0.29, 0.717) is 6.61 Å². The summed E-state index contributed by atoms with van der Waals surface area (Å²) in [4.78, 5) is 0. The van der Waals surface area contributed by atoms with E-state index in [1.165, 1.54) is 0 Å². The summed E-state index contributed by atoms with van der Waals surface area (Å²) in [7, 11) is 0. The number of unbranched alkanes of at least 4 members (excludes halogenated alkanes) is 2. The van der Waals surface area contributed by atoms with Crippen molar-refractivity contribution < 1.29 is 20.1 Å². The van der Waals surface area contributed by atoms with Gasteiger partial charge in [0.2, 0.25) is 0 Å². The summed E-state index contributed by atoms with van der Waals surface area (Å²) in [5, 5.41) is 25.1. The number of rotatable bonds is 9. The lowest BCUT2D eigenvalue weighted by molar-refractivity contribution is -0.0404. The number of hydrogen-bond acceptors (Lipinski definition) is 4. The summed E-state index contributed by atoms with van der Waals surface area (Å²) in [5.74, 6) is 0. The zero-order valence-corrected chi connectivity index (χ0v) is 11.6. The highest BCUT2D eigenvalue weighted by molar-refractivity contribution is 4.71. The standard InChI is InChI=1S/C11H24O2.C2H6O2/c1-4-6-8-11(3,12)10-13-9-7-5-2;3-1-2-4/h12H,4-10H2,1-3H3;3-4H,1-2H2. The van der Waals surface area contributed by atoms with Crippen molar-refractivity contribution >= 4 is 0 Å². The first-order valence-corrected chi connectivity index (χ1v) is 6.55. The highest BCUT2D eigenvalue weighted by Gasteiger charge is 2.19. The molecule has 0 aromatic rings. The smallest absolute Gasteiger partial charge is 0.0852 e. The maximum atomic E-state index is 9.82. The Morgan fingerprint density at radius 1 is 1.00 bits per heavy atom. The molecule has 0 spiro atoms. The van der Waals surface area contributed by atoms with Crippen LogP contribution in [0.5, 0.6) is 0 Å². The van der Waals surface area contributed by atoms with Gasteiger partial charge < -0.3 is 20.1 Å². The van der Waals surface area contributed by atoms with Gasteiger partial charge in [-0.25, -0.2) is 0 Å². The summed E-state index contributed by atoms with van der Waals surface area (Å²) in [6.07, 6.45) is 5.28. The Morgan fingerprint density at radius 2 is 1.53 bits per heavy atom. The van der Waals surface area contributed by atoms with Gasteiger partial charge in [0.05, 0.1) is 25.4 Å². The van der Waals surface area contributed by atoms with Gasteiger partial charge in [0.25, 0.3) is 0 Å². The van der Waals surface area contributed by atoms with Crippen LogP contribution in [-0.4, -0.2) is 47.3 Å². The van der Waals surface area contributed by atoms with Crippen LogP contribution in [0.4, 0.5) is 0 Å². The van der Waals surface area contributed by atoms with E-state index < -0.39 is 5.60 Å². The minimum Gasteiger partial charge on any atom is -0.394 e. The zero-order valence-electron chi connectivity index (χ0n) is 11.6. The molecule has 0 aliphatic carbocycles. The van der Waals surface area contributed by atoms with Crippen LogP contribution < -0.4 is 0 Å². The minimum absolute atomic E-state index is 0.125. The molecule has 0 saturated carbocycles. The first-order valence-electron chi connectivity index (χ1n) is 6.55. The number of hydrogen-bond donors (Lipinski definition) is 3. The first kappa shape index (κ1) is 19.2. The lowest BCUT2D eigenvalue weighted by atomic mass is 10.0. The monoisotopic (exact) mass is 250 g/mol. The molecule has 3 N–H and O–H groups in total. The average Bonchev–Trinajstić information content (AvgIpc) is 2.32. The molecule has 4 heteroatoms. The lowest BCUT2D eigenvalue weighted by Crippen LogP contribution is -2.30. The van der Waals surface area contributed by atoms with Gasteiger partial charge in [-0.3, -0.25) is 0 Å². The molecule has 1 unspecified atom stereocenters. The molecule has 0 aliphatic rings. The fourth-order valence-corrected chi connectivity index (χ4v) is 1.17. The maximum absolute atomic E-state index is 9.82. The normalized spacial score (nSPS) is 13.8. The van der Waals surface area contributed by atoms with Crippen molar-refractivity contribution in [2.24, 2.45) is 0 Å². The van der Waals surface area contributed by atoms with Crippen LogP contribution in [0.3, 0.4) is 0 Å². The van der Waals surface area contributed by atoms with Crippen molar-refractivity contribution in [1.29, 1.82) is 0 Å². The van der Waals surface area contributed by atoms with Gasteiger partial charge in [-0.15, -0.1) is 0 Å². The minimum atomic E-state index is -0.621. The third-order valence-corrected chi connectivity index (χ3v) is 2.22. The van der Waals surface area contributed by atoms with Gasteiger partial charge in [0.1, 0.15) is 0 Å². The van der Waals surface area contributed by atoms with Gasteiger partial charge in [-0.2, -0.15) is 0 Å². The van der Waals surface area contributed by atoms with E-state index >= 15 is 0 Å². The summed E-state index contributed by atoms with van der Waals surface area (Å²) in [6.45, 7) is 7.13. The predicted octanol–water partition coefficient (Wildman–Crippen LogP) is 1.72. The van der Waals surface area contributed by atoms with E-state index in [1.54, 1.807) is 0 Å². The van der Waals surface area contributed by atoms with Gasteiger partial charge in [-0.05, 0) is 19.8 Å². The van der Waals surface area contributed by atoms with Crippen LogP contribution in [-0.2, 0) is 4.74 Å². The van der Waals surface area contributed by atoms with Gasteiger partial charge in [-0.1, -0.05) is 33.1 Å². The molecular formula is C13H30O4. The Morgan fingerprint density at radius 3 is 1.94 bits per heavy atom. The highest BCUT2D eigenvalue weighted by atomic mass is 16.5. The van der Waals surface area contributed by atoms with Gasteiger partial charge in [0.15, 0.2) is 0 Å². The Hall–Kier alpha value is -0.160. The van der Waals surface area contributed by atoms with Crippen LogP contribution in [0.15, 0.2) is 0 Å². The Labute approximate surface area is 106 Å². The Balaban J connectivity index is 0. The number of aliphatic hydroxyl groups excluding tert-OH is 2. The van der Waals surface area contributed by atoms with E-state index in [0.717, 1.165) is 38.7 Å². The third kappa shape index (κ3) is 18.4. The Kier molecular flexibility index (Phi) is 15.7. The highest BCUT2D eigenvalue weighted by Crippen LogP contribution is 2.13. The maximum Gasteiger partial charge on any atom is 0.0852 e. The van der Waals surface area contributed by atoms with Crippen molar-refractivity contribution in [3.8, 4) is 0 Å². The second-order valence-electron chi connectivity index (χ2n) is 4.45. The summed E-state index contributed by atoms with van der Waals surface area (Å²) in [6, 6.07) is 0. The number of ether oxygens (including phenoxy) is 1. The van der Waals surface area contributed by atoms with Gasteiger partial charge in [0, 0.05) is 6.61 Å². The summed E-state index contributed by atoms with van der Waals surface area (Å²) >= 11 is 0. The summed E-state index contributed by atoms with van der Waals surface area (Å²) < 4.78 is 5.39. The van der Waals surface area contributed by atoms with E-state index in [9.17, 15) is 5.11 Å². The van der Waals surface area contributed by atoms with Crippen LogP contribution in [0.2, 0.25) is 0 Å². The molecule has 0 radical (unpaired) electrons. The molecule has 17 heavy (non-hydrogen) atoms. The molecule has 0 saturated heterocycles. The number of aliphatic hydroxyl groups is 3. The molecule has 106 valence electrons. The second-order valence-corrected chi connectivity index (χ2v) is 4.45. The predicted molar refractivity (Wildman–Crippen MR) is 70.0 cm³/mol. The molecule has 0 aromatic carbocycles. The van der Waals surface area contributed by atoms with E-state index in [2.05, 4.69) is 13.8 Å². The summed E-state index contributed by atoms with van der Waals surface area (Å²) in [5.41, 5.74) is -0.621. The second kappa shape index (κ2) is 13.9. The molecule has 4 nitrogen and oxygen atoms in total. The molecular weight excluding hydrogens is 220 g/mol. The fourth-order valence-electron chi connectivity index (χ4n) is 1.17. The van der Waals surface area contributed by atoms with Crippen molar-refractivity contribution in [3.05, 3.63) is 0 Å². The zero-order chi connectivity index (χ0) is 13.6. The lowest BCUT2D eigenvalue weighted by Gasteiger charge is -2.22. The van der Waals surface area contributed by atoms with Crippen molar-refractivity contribution in [2.75, 3.05) is 26.4 Å². The molecule has 0 bridgehead atoms. The quantitative estimate of drug-likeness (QED) is 0.545. The molecule has 0 fully saturated rings. The van der Waals surface area contributed by atoms with E-state index in [1.807, 2.05) is 6.92 Å². The van der Waals surface area contributed by atoms with E-state index in [-0.39, 0.29) is 13.2 Å². The van der Waals surface area contributed by atoms with Crippen LogP contribution in [0.1, 0.15) is 52.9 Å². The molecule has 1 atom stereocenters. The molecule has 0 amide bonds. The third-order valence-electron chi connectivity index (χ3n) is 2.22.